The average molecular weight is 334 g/mol. The minimum absolute atomic E-state index is 0.101. The second-order valence-electron chi connectivity index (χ2n) is 6.12. The maximum atomic E-state index is 12.1. The number of nitrogens with one attached hydrogen (secondary N) is 1. The quantitative estimate of drug-likeness (QED) is 0.823. The Balaban J connectivity index is 1.85. The number of nitrogens with zero attached hydrogens (tertiary/aromatic N) is 1. The van der Waals surface area contributed by atoms with Crippen LogP contribution >= 0.6 is 0 Å². The molecule has 1 aromatic carbocycles. The predicted octanol–water partition coefficient (Wildman–Crippen LogP) is 1.62. The summed E-state index contributed by atoms with van der Waals surface area (Å²) >= 11 is 0. The lowest BCUT2D eigenvalue weighted by Crippen LogP contribution is -2.32. The van der Waals surface area contributed by atoms with Crippen LogP contribution in [-0.2, 0) is 16.0 Å². The molecule has 1 saturated heterocycles. The molecule has 0 spiro atoms. The zero-order valence-electron chi connectivity index (χ0n) is 14.6. The molecule has 24 heavy (non-hydrogen) atoms. The highest BCUT2D eigenvalue weighted by atomic mass is 16.5. The predicted molar refractivity (Wildman–Crippen MR) is 91.2 cm³/mol. The van der Waals surface area contributed by atoms with Crippen LogP contribution in [0.3, 0.4) is 0 Å². The molecule has 0 aliphatic carbocycles. The molecule has 1 aromatic rings. The summed E-state index contributed by atoms with van der Waals surface area (Å²) in [7, 11) is 3.26. The van der Waals surface area contributed by atoms with Gasteiger partial charge in [0.2, 0.25) is 11.8 Å². The lowest BCUT2D eigenvalue weighted by atomic mass is 9.98. The van der Waals surface area contributed by atoms with Gasteiger partial charge in [0.1, 0.15) is 0 Å². The van der Waals surface area contributed by atoms with Crippen molar-refractivity contribution < 1.29 is 19.1 Å². The summed E-state index contributed by atoms with van der Waals surface area (Å²) in [5.74, 6) is 1.92. The molecule has 2 amide bonds. The summed E-state index contributed by atoms with van der Waals surface area (Å²) in [6, 6.07) is 5.96. The van der Waals surface area contributed by atoms with Crippen LogP contribution in [0.1, 0.15) is 25.3 Å². The van der Waals surface area contributed by atoms with Crippen molar-refractivity contribution in [2.75, 3.05) is 33.9 Å². The lowest BCUT2D eigenvalue weighted by Gasteiger charge is -2.17. The van der Waals surface area contributed by atoms with Gasteiger partial charge in [-0.1, -0.05) is 6.07 Å². The minimum Gasteiger partial charge on any atom is -0.493 e. The number of hydrogen-bond donors (Lipinski definition) is 1. The van der Waals surface area contributed by atoms with Gasteiger partial charge in [-0.3, -0.25) is 9.59 Å². The third kappa shape index (κ3) is 4.88. The fraction of sp³-hybridized carbons (Fsp3) is 0.556. The number of amides is 2. The smallest absolute Gasteiger partial charge is 0.224 e. The molecule has 0 radical (unpaired) electrons. The Labute approximate surface area is 143 Å². The van der Waals surface area contributed by atoms with E-state index in [1.165, 1.54) is 12.5 Å². The summed E-state index contributed by atoms with van der Waals surface area (Å²) in [4.78, 5) is 24.9. The molecule has 6 heteroatoms. The number of carbonyl (C=O) groups excluding carboxylic acids is 2. The van der Waals surface area contributed by atoms with E-state index in [-0.39, 0.29) is 11.8 Å². The number of likely N-dealkylation sites (tertiary alicyclic amines) is 1. The van der Waals surface area contributed by atoms with Crippen molar-refractivity contribution in [2.24, 2.45) is 5.92 Å². The fourth-order valence-electron chi connectivity index (χ4n) is 3.07. The number of rotatable bonds is 7. The summed E-state index contributed by atoms with van der Waals surface area (Å²) in [5, 5.41) is 2.66. The normalized spacial score (nSPS) is 16.8. The first-order valence-electron chi connectivity index (χ1n) is 8.26. The van der Waals surface area contributed by atoms with E-state index in [0.29, 0.717) is 18.9 Å². The second kappa shape index (κ2) is 8.57. The Bertz CT molecular complexity index is 588. The van der Waals surface area contributed by atoms with E-state index in [9.17, 15) is 9.59 Å². The van der Waals surface area contributed by atoms with E-state index in [1.54, 1.807) is 14.2 Å². The van der Waals surface area contributed by atoms with E-state index in [0.717, 1.165) is 37.4 Å². The number of hydrogen-bond acceptors (Lipinski definition) is 4. The summed E-state index contributed by atoms with van der Waals surface area (Å²) < 4.78 is 10.6. The molecule has 2 rings (SSSR count). The van der Waals surface area contributed by atoms with Gasteiger partial charge in [0.15, 0.2) is 11.5 Å². The van der Waals surface area contributed by atoms with Crippen LogP contribution in [0.25, 0.3) is 0 Å². The Morgan fingerprint density at radius 3 is 2.67 bits per heavy atom. The first-order valence-corrected chi connectivity index (χ1v) is 8.26. The van der Waals surface area contributed by atoms with Crippen molar-refractivity contribution >= 4 is 11.8 Å². The third-order valence-corrected chi connectivity index (χ3v) is 4.32. The zero-order chi connectivity index (χ0) is 17.5. The van der Waals surface area contributed by atoms with Crippen molar-refractivity contribution in [3.8, 4) is 11.5 Å². The van der Waals surface area contributed by atoms with Crippen LogP contribution in [0, 0.1) is 5.92 Å². The highest BCUT2D eigenvalue weighted by Crippen LogP contribution is 2.30. The van der Waals surface area contributed by atoms with E-state index in [1.807, 2.05) is 23.1 Å². The molecule has 1 N–H and O–H groups in total. The number of carbonyl (C=O) groups is 2. The van der Waals surface area contributed by atoms with Crippen LogP contribution in [0.4, 0.5) is 0 Å². The molecule has 0 saturated carbocycles. The van der Waals surface area contributed by atoms with Gasteiger partial charge >= 0.3 is 0 Å². The SMILES string of the molecule is COc1ccc(CC2CCN(C(=O)CCNC(C)=O)C2)cc1OC. The number of methoxy groups -OCH3 is 2. The molecule has 6 nitrogen and oxygen atoms in total. The van der Waals surface area contributed by atoms with Gasteiger partial charge in [0, 0.05) is 33.0 Å². The Hall–Kier alpha value is -2.24. The van der Waals surface area contributed by atoms with Crippen molar-refractivity contribution in [1.29, 1.82) is 0 Å². The van der Waals surface area contributed by atoms with Crippen molar-refractivity contribution in [3.63, 3.8) is 0 Å². The summed E-state index contributed by atoms with van der Waals surface area (Å²) in [6.07, 6.45) is 2.28. The van der Waals surface area contributed by atoms with Gasteiger partial charge in [0.25, 0.3) is 0 Å². The van der Waals surface area contributed by atoms with Crippen LogP contribution in [0.15, 0.2) is 18.2 Å². The molecule has 1 atom stereocenters. The standard InChI is InChI=1S/C18H26N2O4/c1-13(21)19-8-6-18(22)20-9-7-15(12-20)10-14-4-5-16(23-2)17(11-14)24-3/h4-5,11,15H,6-10,12H2,1-3H3,(H,19,21). The summed E-state index contributed by atoms with van der Waals surface area (Å²) in [5.41, 5.74) is 1.19. The maximum Gasteiger partial charge on any atom is 0.224 e. The van der Waals surface area contributed by atoms with Crippen molar-refractivity contribution in [3.05, 3.63) is 23.8 Å². The Morgan fingerprint density at radius 2 is 2.00 bits per heavy atom. The van der Waals surface area contributed by atoms with E-state index in [4.69, 9.17) is 9.47 Å². The van der Waals surface area contributed by atoms with E-state index >= 15 is 0 Å². The monoisotopic (exact) mass is 334 g/mol. The molecule has 1 aliphatic rings. The number of ether oxygens (including phenoxy) is 2. The molecular weight excluding hydrogens is 308 g/mol. The Morgan fingerprint density at radius 1 is 1.25 bits per heavy atom. The molecular formula is C18H26N2O4. The molecule has 132 valence electrons. The zero-order valence-corrected chi connectivity index (χ0v) is 14.6. The third-order valence-electron chi connectivity index (χ3n) is 4.32. The van der Waals surface area contributed by atoms with Crippen LogP contribution < -0.4 is 14.8 Å². The maximum absolute atomic E-state index is 12.1. The van der Waals surface area contributed by atoms with Crippen LogP contribution in [0.5, 0.6) is 11.5 Å². The van der Waals surface area contributed by atoms with Gasteiger partial charge in [-0.2, -0.15) is 0 Å². The van der Waals surface area contributed by atoms with Crippen molar-refractivity contribution in [2.45, 2.75) is 26.2 Å². The second-order valence-corrected chi connectivity index (χ2v) is 6.12. The molecule has 0 bridgehead atoms. The van der Waals surface area contributed by atoms with Crippen molar-refractivity contribution in [1.82, 2.24) is 10.2 Å². The molecule has 1 heterocycles. The van der Waals surface area contributed by atoms with E-state index < -0.39 is 0 Å². The average Bonchev–Trinajstić information content (AvgIpc) is 3.02. The van der Waals surface area contributed by atoms with Crippen LogP contribution in [-0.4, -0.2) is 50.6 Å². The van der Waals surface area contributed by atoms with Gasteiger partial charge in [-0.05, 0) is 36.5 Å². The lowest BCUT2D eigenvalue weighted by molar-refractivity contribution is -0.130. The van der Waals surface area contributed by atoms with Gasteiger partial charge in [-0.15, -0.1) is 0 Å². The fourth-order valence-corrected chi connectivity index (χ4v) is 3.07. The highest BCUT2D eigenvalue weighted by molar-refractivity contribution is 5.78. The summed E-state index contributed by atoms with van der Waals surface area (Å²) in [6.45, 7) is 3.43. The van der Waals surface area contributed by atoms with Crippen LogP contribution in [0.2, 0.25) is 0 Å². The van der Waals surface area contributed by atoms with Gasteiger partial charge < -0.3 is 19.7 Å². The van der Waals surface area contributed by atoms with Gasteiger partial charge in [0.05, 0.1) is 14.2 Å². The molecule has 1 unspecified atom stereocenters. The van der Waals surface area contributed by atoms with Gasteiger partial charge in [-0.25, -0.2) is 0 Å². The topological polar surface area (TPSA) is 67.9 Å². The molecule has 1 fully saturated rings. The minimum atomic E-state index is -0.101. The molecule has 1 aliphatic heterocycles. The largest absolute Gasteiger partial charge is 0.493 e. The number of benzene rings is 1. The Kier molecular flexibility index (Phi) is 6.46. The highest BCUT2D eigenvalue weighted by Gasteiger charge is 2.26. The van der Waals surface area contributed by atoms with E-state index in [2.05, 4.69) is 5.32 Å². The first kappa shape index (κ1) is 18.1. The first-order chi connectivity index (χ1) is 11.5. The molecule has 0 aromatic heterocycles.